The third kappa shape index (κ3) is 4.58. The molecule has 0 bridgehead atoms. The van der Waals surface area contributed by atoms with Crippen LogP contribution in [-0.2, 0) is 46.5 Å². The molecule has 1 amide bonds. The predicted molar refractivity (Wildman–Crippen MR) is 120 cm³/mol. The van der Waals surface area contributed by atoms with Crippen molar-refractivity contribution >= 4 is 17.7 Å². The number of aryl methyl sites for hydroxylation is 2. The number of nitrogens with one attached hydrogen (secondary N) is 1. The molecule has 8 nitrogen and oxygen atoms in total. The molecule has 1 saturated carbocycles. The summed E-state index contributed by atoms with van der Waals surface area (Å²) in [5.74, 6) is -0.574. The van der Waals surface area contributed by atoms with E-state index in [4.69, 9.17) is 14.7 Å². The Kier molecular flexibility index (Phi) is 6.03. The number of benzene rings is 1. The Hall–Kier alpha value is -3.34. The summed E-state index contributed by atoms with van der Waals surface area (Å²) in [6.45, 7) is -0.00828. The van der Waals surface area contributed by atoms with Gasteiger partial charge in [-0.25, -0.2) is 9.59 Å². The van der Waals surface area contributed by atoms with Crippen LogP contribution >= 0.6 is 0 Å². The molecule has 8 heteroatoms. The molecule has 1 fully saturated rings. The third-order valence-corrected chi connectivity index (χ3v) is 6.91. The summed E-state index contributed by atoms with van der Waals surface area (Å²) in [7, 11) is 0. The highest BCUT2D eigenvalue weighted by atomic mass is 16.6. The molecule has 0 spiro atoms. The van der Waals surface area contributed by atoms with Crippen molar-refractivity contribution in [3.8, 4) is 6.07 Å². The van der Waals surface area contributed by atoms with E-state index in [1.54, 1.807) is 0 Å². The lowest BCUT2D eigenvalue weighted by atomic mass is 9.99. The van der Waals surface area contributed by atoms with Gasteiger partial charge in [0, 0.05) is 6.20 Å². The van der Waals surface area contributed by atoms with E-state index in [9.17, 15) is 9.59 Å². The van der Waals surface area contributed by atoms with Crippen molar-refractivity contribution in [3.05, 3.63) is 46.3 Å². The van der Waals surface area contributed by atoms with Crippen LogP contribution in [0.3, 0.4) is 0 Å². The first-order valence-electron chi connectivity index (χ1n) is 11.9. The summed E-state index contributed by atoms with van der Waals surface area (Å²) >= 11 is 0. The molecule has 2 aromatic rings. The number of carbonyl (C=O) groups excluding carboxylic acids is 2. The van der Waals surface area contributed by atoms with Crippen molar-refractivity contribution in [2.75, 3.05) is 5.32 Å². The maximum Gasteiger partial charge on any atom is 0.412 e. The molecule has 5 rings (SSSR count). The predicted octanol–water partition coefficient (Wildman–Crippen LogP) is 3.84. The molecule has 33 heavy (non-hydrogen) atoms. The molecule has 0 aliphatic heterocycles. The number of hydrogen-bond acceptors (Lipinski definition) is 6. The van der Waals surface area contributed by atoms with Gasteiger partial charge in [-0.2, -0.15) is 10.4 Å². The van der Waals surface area contributed by atoms with Gasteiger partial charge in [0.25, 0.3) is 0 Å². The summed E-state index contributed by atoms with van der Waals surface area (Å²) in [5.41, 5.74) is 6.26. The van der Waals surface area contributed by atoms with Crippen molar-refractivity contribution in [1.82, 2.24) is 9.78 Å². The zero-order chi connectivity index (χ0) is 22.8. The number of esters is 1. The minimum Gasteiger partial charge on any atom is -0.460 e. The van der Waals surface area contributed by atoms with Crippen LogP contribution in [0.5, 0.6) is 0 Å². The molecule has 3 aliphatic rings. The van der Waals surface area contributed by atoms with Gasteiger partial charge in [0.15, 0.2) is 0 Å². The number of amides is 1. The van der Waals surface area contributed by atoms with Crippen LogP contribution in [-0.4, -0.2) is 34.1 Å². The fraction of sp³-hybridized carbons (Fsp3) is 0.520. The van der Waals surface area contributed by atoms with E-state index >= 15 is 0 Å². The van der Waals surface area contributed by atoms with Gasteiger partial charge in [0.2, 0.25) is 6.10 Å². The van der Waals surface area contributed by atoms with Gasteiger partial charge in [-0.1, -0.05) is 6.07 Å². The van der Waals surface area contributed by atoms with Crippen molar-refractivity contribution in [1.29, 1.82) is 5.26 Å². The maximum atomic E-state index is 13.0. The van der Waals surface area contributed by atoms with Crippen LogP contribution in [0.4, 0.5) is 10.5 Å². The lowest BCUT2D eigenvalue weighted by Crippen LogP contribution is -2.36. The quantitative estimate of drug-likeness (QED) is 0.673. The fourth-order valence-electron chi connectivity index (χ4n) is 5.33. The smallest absolute Gasteiger partial charge is 0.412 e. The molecular weight excluding hydrogens is 420 g/mol. The van der Waals surface area contributed by atoms with Gasteiger partial charge in [0.1, 0.15) is 12.2 Å². The molecule has 1 atom stereocenters. The molecule has 1 N–H and O–H groups in total. The standard InChI is InChI=1S/C25H28N4O4/c26-12-16-13-27-29(14-16)15-22(24(30)32-19-7-1-2-8-19)33-25(31)28-23-20-9-3-5-17(20)11-18-6-4-10-21(18)23/h11,13-14,19,22H,1-10,15H2,(H,28,31)/t22-/m1/s1. The van der Waals surface area contributed by atoms with Gasteiger partial charge in [-0.05, 0) is 86.5 Å². The number of fused-ring (bicyclic) bond motifs is 2. The highest BCUT2D eigenvalue weighted by Gasteiger charge is 2.31. The first-order chi connectivity index (χ1) is 16.1. The second-order valence-corrected chi connectivity index (χ2v) is 9.16. The second kappa shape index (κ2) is 9.26. The van der Waals surface area contributed by atoms with Crippen LogP contribution in [0, 0.1) is 11.3 Å². The molecule has 0 radical (unpaired) electrons. The van der Waals surface area contributed by atoms with Crippen molar-refractivity contribution in [3.63, 3.8) is 0 Å². The SMILES string of the molecule is N#Cc1cnn(C[C@@H](OC(=O)Nc2c3c(cc4c2CCC4)CCC3)C(=O)OC2CCCC2)c1. The maximum absolute atomic E-state index is 13.0. The van der Waals surface area contributed by atoms with Gasteiger partial charge in [-0.3, -0.25) is 10.00 Å². The summed E-state index contributed by atoms with van der Waals surface area (Å²) < 4.78 is 12.7. The van der Waals surface area contributed by atoms with Crippen molar-refractivity contribution < 1.29 is 19.1 Å². The normalized spacial score (nSPS) is 17.8. The highest BCUT2D eigenvalue weighted by molar-refractivity contribution is 5.90. The van der Waals surface area contributed by atoms with E-state index in [0.29, 0.717) is 5.56 Å². The largest absolute Gasteiger partial charge is 0.460 e. The van der Waals surface area contributed by atoms with Gasteiger partial charge in [0.05, 0.1) is 24.0 Å². The van der Waals surface area contributed by atoms with Gasteiger partial charge < -0.3 is 9.47 Å². The lowest BCUT2D eigenvalue weighted by Gasteiger charge is -2.21. The summed E-state index contributed by atoms with van der Waals surface area (Å²) in [6.07, 6.45) is 10.8. The number of nitriles is 1. The number of ether oxygens (including phenoxy) is 2. The van der Waals surface area contributed by atoms with Crippen molar-refractivity contribution in [2.45, 2.75) is 83.0 Å². The molecule has 0 unspecified atom stereocenters. The first-order valence-corrected chi connectivity index (χ1v) is 11.9. The zero-order valence-electron chi connectivity index (χ0n) is 18.6. The number of aromatic nitrogens is 2. The monoisotopic (exact) mass is 448 g/mol. The fourth-order valence-corrected chi connectivity index (χ4v) is 5.33. The molecule has 1 aromatic carbocycles. The Morgan fingerprint density at radius 1 is 1.12 bits per heavy atom. The number of nitrogens with zero attached hydrogens (tertiary/aromatic N) is 3. The lowest BCUT2D eigenvalue weighted by molar-refractivity contribution is -0.159. The summed E-state index contributed by atoms with van der Waals surface area (Å²) in [5, 5.41) is 16.1. The Morgan fingerprint density at radius 2 is 1.82 bits per heavy atom. The molecule has 1 heterocycles. The number of rotatable bonds is 6. The minimum atomic E-state index is -1.15. The first kappa shape index (κ1) is 21.5. The van der Waals surface area contributed by atoms with E-state index in [1.165, 1.54) is 39.3 Å². The Balaban J connectivity index is 1.33. The van der Waals surface area contributed by atoms with Crippen LogP contribution < -0.4 is 5.32 Å². The number of anilines is 1. The average Bonchev–Trinajstić information content (AvgIpc) is 3.59. The number of hydrogen-bond donors (Lipinski definition) is 1. The molecule has 0 saturated heterocycles. The van der Waals surface area contributed by atoms with Gasteiger partial charge in [-0.15, -0.1) is 0 Å². The van der Waals surface area contributed by atoms with E-state index in [2.05, 4.69) is 16.5 Å². The Labute approximate surface area is 192 Å². The van der Waals surface area contributed by atoms with Crippen LogP contribution in [0.2, 0.25) is 0 Å². The van der Waals surface area contributed by atoms with E-state index in [0.717, 1.165) is 69.9 Å². The molecule has 172 valence electrons. The second-order valence-electron chi connectivity index (χ2n) is 9.16. The Bertz CT molecular complexity index is 1080. The molecular formula is C25H28N4O4. The molecule has 1 aromatic heterocycles. The van der Waals surface area contributed by atoms with Crippen LogP contribution in [0.25, 0.3) is 0 Å². The minimum absolute atomic E-state index is 0.00828. The van der Waals surface area contributed by atoms with Crippen LogP contribution in [0.15, 0.2) is 18.5 Å². The molecule has 3 aliphatic carbocycles. The van der Waals surface area contributed by atoms with E-state index < -0.39 is 18.2 Å². The number of carbonyl (C=O) groups is 2. The zero-order valence-corrected chi connectivity index (χ0v) is 18.6. The van der Waals surface area contributed by atoms with Gasteiger partial charge >= 0.3 is 12.1 Å². The topological polar surface area (TPSA) is 106 Å². The van der Waals surface area contributed by atoms with Crippen molar-refractivity contribution in [2.24, 2.45) is 0 Å². The highest BCUT2D eigenvalue weighted by Crippen LogP contribution is 2.38. The van der Waals surface area contributed by atoms with Crippen LogP contribution in [0.1, 0.15) is 66.3 Å². The van der Waals surface area contributed by atoms with E-state index in [-0.39, 0.29) is 12.6 Å². The third-order valence-electron chi connectivity index (χ3n) is 6.91. The summed E-state index contributed by atoms with van der Waals surface area (Å²) in [6, 6.07) is 4.31. The van der Waals surface area contributed by atoms with E-state index in [1.807, 2.05) is 6.07 Å². The Morgan fingerprint density at radius 3 is 2.45 bits per heavy atom. The average molecular weight is 449 g/mol. The summed E-state index contributed by atoms with van der Waals surface area (Å²) in [4.78, 5) is 25.9.